The van der Waals surface area contributed by atoms with Gasteiger partial charge in [0, 0.05) is 18.5 Å². The molecule has 0 atom stereocenters. The second-order valence-corrected chi connectivity index (χ2v) is 5.75. The van der Waals surface area contributed by atoms with Crippen LogP contribution in [0.15, 0.2) is 24.3 Å². The van der Waals surface area contributed by atoms with Crippen molar-refractivity contribution >= 4 is 0 Å². The minimum atomic E-state index is -0.128. The van der Waals surface area contributed by atoms with E-state index in [4.69, 9.17) is 0 Å². The van der Waals surface area contributed by atoms with Gasteiger partial charge in [-0.05, 0) is 30.0 Å². The van der Waals surface area contributed by atoms with Gasteiger partial charge in [-0.2, -0.15) is 0 Å². The molecule has 2 aliphatic rings. The number of benzene rings is 1. The SMILES string of the molecule is Fc1ccc(C2(CC3CCCC3)CNC2)cc1. The summed E-state index contributed by atoms with van der Waals surface area (Å²) in [5.74, 6) is 0.763. The van der Waals surface area contributed by atoms with E-state index >= 15 is 0 Å². The lowest BCUT2D eigenvalue weighted by atomic mass is 9.69. The molecular formula is C15H20FN. The summed E-state index contributed by atoms with van der Waals surface area (Å²) in [6, 6.07) is 7.16. The van der Waals surface area contributed by atoms with Crippen LogP contribution in [-0.4, -0.2) is 13.1 Å². The van der Waals surface area contributed by atoms with Crippen LogP contribution in [0.2, 0.25) is 0 Å². The van der Waals surface area contributed by atoms with Gasteiger partial charge in [0.05, 0.1) is 0 Å². The average molecular weight is 233 g/mol. The smallest absolute Gasteiger partial charge is 0.123 e. The number of hydrogen-bond donors (Lipinski definition) is 1. The van der Waals surface area contributed by atoms with Gasteiger partial charge in [-0.25, -0.2) is 4.39 Å². The summed E-state index contributed by atoms with van der Waals surface area (Å²) < 4.78 is 13.0. The Bertz CT molecular complexity index is 374. The molecule has 2 fully saturated rings. The third-order valence-corrected chi connectivity index (χ3v) is 4.54. The first-order chi connectivity index (χ1) is 8.28. The Balaban J connectivity index is 1.78. The highest BCUT2D eigenvalue weighted by Crippen LogP contribution is 2.40. The summed E-state index contributed by atoms with van der Waals surface area (Å²) in [5, 5.41) is 3.40. The Hall–Kier alpha value is -0.890. The molecular weight excluding hydrogens is 213 g/mol. The summed E-state index contributed by atoms with van der Waals surface area (Å²) in [6.07, 6.45) is 6.87. The second kappa shape index (κ2) is 4.41. The first-order valence-electron chi connectivity index (χ1n) is 6.75. The van der Waals surface area contributed by atoms with Gasteiger partial charge in [0.25, 0.3) is 0 Å². The van der Waals surface area contributed by atoms with E-state index in [1.165, 1.54) is 37.7 Å². The van der Waals surface area contributed by atoms with E-state index in [2.05, 4.69) is 5.32 Å². The number of rotatable bonds is 3. The maximum atomic E-state index is 13.0. The lowest BCUT2D eigenvalue weighted by molar-refractivity contribution is 0.218. The van der Waals surface area contributed by atoms with Crippen molar-refractivity contribution in [1.82, 2.24) is 5.32 Å². The van der Waals surface area contributed by atoms with E-state index in [1.807, 2.05) is 12.1 Å². The van der Waals surface area contributed by atoms with Crippen molar-refractivity contribution in [2.75, 3.05) is 13.1 Å². The summed E-state index contributed by atoms with van der Waals surface area (Å²) in [6.45, 7) is 2.13. The first kappa shape index (κ1) is 11.2. The highest BCUT2D eigenvalue weighted by molar-refractivity contribution is 5.30. The van der Waals surface area contributed by atoms with E-state index in [0.29, 0.717) is 5.41 Å². The van der Waals surface area contributed by atoms with Crippen molar-refractivity contribution in [1.29, 1.82) is 0 Å². The van der Waals surface area contributed by atoms with Crippen LogP contribution in [-0.2, 0) is 5.41 Å². The summed E-state index contributed by atoms with van der Waals surface area (Å²) in [7, 11) is 0. The molecule has 92 valence electrons. The summed E-state index contributed by atoms with van der Waals surface area (Å²) in [5.41, 5.74) is 1.62. The lowest BCUT2D eigenvalue weighted by Gasteiger charge is -2.45. The average Bonchev–Trinajstić information content (AvgIpc) is 2.77. The highest BCUT2D eigenvalue weighted by Gasteiger charge is 2.40. The second-order valence-electron chi connectivity index (χ2n) is 5.75. The molecule has 0 amide bonds. The normalized spacial score (nSPS) is 23.6. The van der Waals surface area contributed by atoms with Crippen molar-refractivity contribution in [2.24, 2.45) is 5.92 Å². The van der Waals surface area contributed by atoms with Gasteiger partial charge in [-0.1, -0.05) is 37.8 Å². The van der Waals surface area contributed by atoms with Crippen LogP contribution in [0.1, 0.15) is 37.7 Å². The molecule has 0 radical (unpaired) electrons. The molecule has 1 N–H and O–H groups in total. The fourth-order valence-corrected chi connectivity index (χ4v) is 3.46. The molecule has 1 saturated heterocycles. The van der Waals surface area contributed by atoms with Crippen molar-refractivity contribution in [3.63, 3.8) is 0 Å². The Kier molecular flexibility index (Phi) is 2.91. The van der Waals surface area contributed by atoms with Crippen molar-refractivity contribution < 1.29 is 4.39 Å². The van der Waals surface area contributed by atoms with Gasteiger partial charge in [-0.3, -0.25) is 0 Å². The van der Waals surface area contributed by atoms with Crippen LogP contribution in [0.3, 0.4) is 0 Å². The first-order valence-corrected chi connectivity index (χ1v) is 6.75. The molecule has 1 aromatic rings. The van der Waals surface area contributed by atoms with Crippen molar-refractivity contribution in [3.8, 4) is 0 Å². The molecule has 1 heterocycles. The summed E-state index contributed by atoms with van der Waals surface area (Å²) >= 11 is 0. The van der Waals surface area contributed by atoms with E-state index in [-0.39, 0.29) is 5.82 Å². The van der Waals surface area contributed by atoms with Crippen LogP contribution in [0.25, 0.3) is 0 Å². The largest absolute Gasteiger partial charge is 0.315 e. The van der Waals surface area contributed by atoms with Crippen molar-refractivity contribution in [3.05, 3.63) is 35.6 Å². The molecule has 2 heteroatoms. The van der Waals surface area contributed by atoms with E-state index < -0.39 is 0 Å². The van der Waals surface area contributed by atoms with Gasteiger partial charge in [0.1, 0.15) is 5.82 Å². The molecule has 1 aliphatic heterocycles. The van der Waals surface area contributed by atoms with Crippen LogP contribution in [0.5, 0.6) is 0 Å². The molecule has 17 heavy (non-hydrogen) atoms. The fourth-order valence-electron chi connectivity index (χ4n) is 3.46. The van der Waals surface area contributed by atoms with Gasteiger partial charge in [0.15, 0.2) is 0 Å². The maximum absolute atomic E-state index is 13.0. The van der Waals surface area contributed by atoms with Gasteiger partial charge in [0.2, 0.25) is 0 Å². The molecule has 1 nitrogen and oxygen atoms in total. The molecule has 3 rings (SSSR count). The minimum absolute atomic E-state index is 0.128. The van der Waals surface area contributed by atoms with Crippen LogP contribution < -0.4 is 5.32 Å². The van der Waals surface area contributed by atoms with Gasteiger partial charge < -0.3 is 5.32 Å². The Morgan fingerprint density at radius 3 is 2.29 bits per heavy atom. The minimum Gasteiger partial charge on any atom is -0.315 e. The van der Waals surface area contributed by atoms with Crippen molar-refractivity contribution in [2.45, 2.75) is 37.5 Å². The molecule has 1 saturated carbocycles. The zero-order valence-corrected chi connectivity index (χ0v) is 10.2. The molecule has 0 aromatic heterocycles. The molecule has 0 unspecified atom stereocenters. The van der Waals surface area contributed by atoms with Crippen LogP contribution >= 0.6 is 0 Å². The monoisotopic (exact) mass is 233 g/mol. The number of hydrogen-bond acceptors (Lipinski definition) is 1. The lowest BCUT2D eigenvalue weighted by Crippen LogP contribution is -2.57. The van der Waals surface area contributed by atoms with Gasteiger partial charge in [-0.15, -0.1) is 0 Å². The van der Waals surface area contributed by atoms with E-state index in [1.54, 1.807) is 12.1 Å². The molecule has 0 spiro atoms. The maximum Gasteiger partial charge on any atom is 0.123 e. The quantitative estimate of drug-likeness (QED) is 0.845. The highest BCUT2D eigenvalue weighted by atomic mass is 19.1. The van der Waals surface area contributed by atoms with E-state index in [9.17, 15) is 4.39 Å². The topological polar surface area (TPSA) is 12.0 Å². The number of nitrogens with one attached hydrogen (secondary N) is 1. The Morgan fingerprint density at radius 2 is 1.76 bits per heavy atom. The van der Waals surface area contributed by atoms with Gasteiger partial charge >= 0.3 is 0 Å². The zero-order valence-electron chi connectivity index (χ0n) is 10.2. The molecule has 1 aromatic carbocycles. The predicted octanol–water partition coefficient (Wildman–Crippen LogP) is 3.25. The predicted molar refractivity (Wildman–Crippen MR) is 67.5 cm³/mol. The Morgan fingerprint density at radius 1 is 1.12 bits per heavy atom. The Labute approximate surface area is 102 Å². The summed E-state index contributed by atoms with van der Waals surface area (Å²) in [4.78, 5) is 0. The standard InChI is InChI=1S/C15H20FN/c16-14-7-5-13(6-8-14)15(10-17-11-15)9-12-3-1-2-4-12/h5-8,12,17H,1-4,9-11H2. The van der Waals surface area contributed by atoms with Crippen LogP contribution in [0.4, 0.5) is 4.39 Å². The zero-order chi connectivity index (χ0) is 11.7. The number of halogens is 1. The van der Waals surface area contributed by atoms with E-state index in [0.717, 1.165) is 19.0 Å². The molecule has 0 bridgehead atoms. The van der Waals surface area contributed by atoms with Crippen LogP contribution in [0, 0.1) is 11.7 Å². The fraction of sp³-hybridized carbons (Fsp3) is 0.600. The third-order valence-electron chi connectivity index (χ3n) is 4.54. The molecule has 1 aliphatic carbocycles. The third kappa shape index (κ3) is 2.11.